The van der Waals surface area contributed by atoms with E-state index in [4.69, 9.17) is 21.1 Å². The van der Waals surface area contributed by atoms with Crippen molar-refractivity contribution in [2.75, 3.05) is 20.8 Å². The molecule has 0 fully saturated rings. The number of halogens is 1. The molecular weight excluding hydrogens is 302 g/mol. The Balaban J connectivity index is 1.96. The molecule has 5 heteroatoms. The second-order valence-electron chi connectivity index (χ2n) is 4.70. The van der Waals surface area contributed by atoms with Crippen LogP contribution in [0.2, 0.25) is 5.02 Å². The fraction of sp³-hybridized carbons (Fsp3) is 0.235. The molecule has 116 valence electrons. The van der Waals surface area contributed by atoms with Gasteiger partial charge >= 0.3 is 0 Å². The normalized spacial score (nSPS) is 10.1. The van der Waals surface area contributed by atoms with Gasteiger partial charge in [0, 0.05) is 17.6 Å². The second kappa shape index (κ2) is 7.71. The summed E-state index contributed by atoms with van der Waals surface area (Å²) in [6, 6.07) is 12.7. The monoisotopic (exact) mass is 319 g/mol. The highest BCUT2D eigenvalue weighted by Crippen LogP contribution is 2.24. The largest absolute Gasteiger partial charge is 0.497 e. The Kier molecular flexibility index (Phi) is 5.67. The van der Waals surface area contributed by atoms with Crippen LogP contribution in [0.15, 0.2) is 42.5 Å². The van der Waals surface area contributed by atoms with Gasteiger partial charge in [-0.25, -0.2) is 0 Å². The lowest BCUT2D eigenvalue weighted by atomic mass is 10.1. The van der Waals surface area contributed by atoms with Crippen molar-refractivity contribution < 1.29 is 14.3 Å². The SMILES string of the molecule is COc1ccc(C(=O)NCCc2ccc(Cl)cc2)c(OC)c1. The highest BCUT2D eigenvalue weighted by atomic mass is 35.5. The van der Waals surface area contributed by atoms with Gasteiger partial charge in [-0.1, -0.05) is 23.7 Å². The second-order valence-corrected chi connectivity index (χ2v) is 5.14. The van der Waals surface area contributed by atoms with Crippen molar-refractivity contribution in [3.8, 4) is 11.5 Å². The Bertz CT molecular complexity index is 641. The van der Waals surface area contributed by atoms with Gasteiger partial charge in [-0.2, -0.15) is 0 Å². The number of ether oxygens (including phenoxy) is 2. The van der Waals surface area contributed by atoms with Crippen LogP contribution in [0.5, 0.6) is 11.5 Å². The van der Waals surface area contributed by atoms with Gasteiger partial charge in [0.1, 0.15) is 11.5 Å². The van der Waals surface area contributed by atoms with Gasteiger partial charge in [0.2, 0.25) is 0 Å². The third kappa shape index (κ3) is 4.15. The van der Waals surface area contributed by atoms with Crippen molar-refractivity contribution in [2.24, 2.45) is 0 Å². The molecular formula is C17H18ClNO3. The molecule has 0 spiro atoms. The molecule has 4 nitrogen and oxygen atoms in total. The maximum absolute atomic E-state index is 12.2. The van der Waals surface area contributed by atoms with Crippen LogP contribution in [0.1, 0.15) is 15.9 Å². The Labute approximate surface area is 135 Å². The number of amides is 1. The van der Waals surface area contributed by atoms with Crippen LogP contribution in [0.3, 0.4) is 0 Å². The van der Waals surface area contributed by atoms with E-state index >= 15 is 0 Å². The molecule has 0 unspecified atom stereocenters. The third-order valence-corrected chi connectivity index (χ3v) is 3.52. The van der Waals surface area contributed by atoms with E-state index in [0.717, 1.165) is 12.0 Å². The van der Waals surface area contributed by atoms with E-state index < -0.39 is 0 Å². The molecule has 0 heterocycles. The maximum atomic E-state index is 12.2. The molecule has 2 rings (SSSR count). The van der Waals surface area contributed by atoms with Gasteiger partial charge in [-0.3, -0.25) is 4.79 Å². The first-order valence-corrected chi connectivity index (χ1v) is 7.26. The average molecular weight is 320 g/mol. The molecule has 0 saturated heterocycles. The van der Waals surface area contributed by atoms with Gasteiger partial charge in [0.15, 0.2) is 0 Å². The Morgan fingerprint density at radius 2 is 1.82 bits per heavy atom. The number of benzene rings is 2. The minimum absolute atomic E-state index is 0.173. The molecule has 0 radical (unpaired) electrons. The lowest BCUT2D eigenvalue weighted by Gasteiger charge is -2.11. The van der Waals surface area contributed by atoms with Crippen LogP contribution in [-0.4, -0.2) is 26.7 Å². The summed E-state index contributed by atoms with van der Waals surface area (Å²) < 4.78 is 10.3. The minimum atomic E-state index is -0.173. The van der Waals surface area contributed by atoms with Gasteiger partial charge < -0.3 is 14.8 Å². The lowest BCUT2D eigenvalue weighted by Crippen LogP contribution is -2.26. The number of hydrogen-bond donors (Lipinski definition) is 1. The Morgan fingerprint density at radius 1 is 1.09 bits per heavy atom. The Hall–Kier alpha value is -2.20. The Morgan fingerprint density at radius 3 is 2.45 bits per heavy atom. The van der Waals surface area contributed by atoms with Crippen LogP contribution in [0.25, 0.3) is 0 Å². The van der Waals surface area contributed by atoms with E-state index in [1.54, 1.807) is 25.3 Å². The van der Waals surface area contributed by atoms with Crippen molar-refractivity contribution in [2.45, 2.75) is 6.42 Å². The summed E-state index contributed by atoms with van der Waals surface area (Å²) in [4.78, 5) is 12.2. The number of hydrogen-bond acceptors (Lipinski definition) is 3. The zero-order chi connectivity index (χ0) is 15.9. The van der Waals surface area contributed by atoms with E-state index in [0.29, 0.717) is 28.6 Å². The standard InChI is InChI=1S/C17H18ClNO3/c1-21-14-7-8-15(16(11-14)22-2)17(20)19-10-9-12-3-5-13(18)6-4-12/h3-8,11H,9-10H2,1-2H3,(H,19,20). The molecule has 0 saturated carbocycles. The molecule has 0 aromatic heterocycles. The predicted octanol–water partition coefficient (Wildman–Crippen LogP) is 3.33. The number of carbonyl (C=O) groups is 1. The minimum Gasteiger partial charge on any atom is -0.497 e. The van der Waals surface area contributed by atoms with E-state index in [9.17, 15) is 4.79 Å². The number of nitrogens with one attached hydrogen (secondary N) is 1. The van der Waals surface area contributed by atoms with Gasteiger partial charge in [-0.05, 0) is 36.2 Å². The molecule has 1 amide bonds. The van der Waals surface area contributed by atoms with Crippen LogP contribution in [0, 0.1) is 0 Å². The quantitative estimate of drug-likeness (QED) is 0.888. The van der Waals surface area contributed by atoms with E-state index in [2.05, 4.69) is 5.32 Å². The maximum Gasteiger partial charge on any atom is 0.255 e. The molecule has 0 aliphatic carbocycles. The molecule has 0 aliphatic heterocycles. The number of rotatable bonds is 6. The fourth-order valence-electron chi connectivity index (χ4n) is 2.05. The predicted molar refractivity (Wildman–Crippen MR) is 87.0 cm³/mol. The summed E-state index contributed by atoms with van der Waals surface area (Å²) in [5.74, 6) is 0.964. The van der Waals surface area contributed by atoms with Crippen LogP contribution < -0.4 is 14.8 Å². The lowest BCUT2D eigenvalue weighted by molar-refractivity contribution is 0.0951. The molecule has 0 atom stereocenters. The van der Waals surface area contributed by atoms with Crippen molar-refractivity contribution in [3.05, 3.63) is 58.6 Å². The molecule has 0 bridgehead atoms. The van der Waals surface area contributed by atoms with Crippen LogP contribution in [0.4, 0.5) is 0 Å². The summed E-state index contributed by atoms with van der Waals surface area (Å²) >= 11 is 5.84. The molecule has 1 N–H and O–H groups in total. The highest BCUT2D eigenvalue weighted by Gasteiger charge is 2.12. The number of methoxy groups -OCH3 is 2. The highest BCUT2D eigenvalue weighted by molar-refractivity contribution is 6.30. The first-order chi connectivity index (χ1) is 10.6. The summed E-state index contributed by atoms with van der Waals surface area (Å²) in [6.45, 7) is 0.537. The van der Waals surface area contributed by atoms with Crippen molar-refractivity contribution in [3.63, 3.8) is 0 Å². The summed E-state index contributed by atoms with van der Waals surface area (Å²) in [5.41, 5.74) is 1.60. The summed E-state index contributed by atoms with van der Waals surface area (Å²) in [7, 11) is 3.10. The zero-order valence-electron chi connectivity index (χ0n) is 12.6. The third-order valence-electron chi connectivity index (χ3n) is 3.27. The molecule has 2 aromatic rings. The molecule has 22 heavy (non-hydrogen) atoms. The van der Waals surface area contributed by atoms with Crippen molar-refractivity contribution in [1.82, 2.24) is 5.32 Å². The first kappa shape index (κ1) is 16.2. The summed E-state index contributed by atoms with van der Waals surface area (Å²) in [5, 5.41) is 3.59. The van der Waals surface area contributed by atoms with Gasteiger partial charge in [0.05, 0.1) is 19.8 Å². The summed E-state index contributed by atoms with van der Waals surface area (Å²) in [6.07, 6.45) is 0.737. The fourth-order valence-corrected chi connectivity index (χ4v) is 2.18. The van der Waals surface area contributed by atoms with Crippen LogP contribution >= 0.6 is 11.6 Å². The van der Waals surface area contributed by atoms with Crippen molar-refractivity contribution in [1.29, 1.82) is 0 Å². The molecule has 2 aromatic carbocycles. The topological polar surface area (TPSA) is 47.6 Å². The van der Waals surface area contributed by atoms with Gasteiger partial charge in [-0.15, -0.1) is 0 Å². The zero-order valence-corrected chi connectivity index (χ0v) is 13.3. The average Bonchev–Trinajstić information content (AvgIpc) is 2.55. The van der Waals surface area contributed by atoms with Crippen molar-refractivity contribution >= 4 is 17.5 Å². The van der Waals surface area contributed by atoms with E-state index in [1.807, 2.05) is 24.3 Å². The number of carbonyl (C=O) groups excluding carboxylic acids is 1. The first-order valence-electron chi connectivity index (χ1n) is 6.88. The van der Waals surface area contributed by atoms with E-state index in [1.165, 1.54) is 7.11 Å². The molecule has 0 aliphatic rings. The van der Waals surface area contributed by atoms with E-state index in [-0.39, 0.29) is 5.91 Å². The van der Waals surface area contributed by atoms with Crippen LogP contribution in [-0.2, 0) is 6.42 Å². The smallest absolute Gasteiger partial charge is 0.255 e. The van der Waals surface area contributed by atoms with Gasteiger partial charge in [0.25, 0.3) is 5.91 Å².